The van der Waals surface area contributed by atoms with Crippen LogP contribution in [0.2, 0.25) is 0 Å². The molecule has 7 nitrogen and oxygen atoms in total. The average Bonchev–Trinajstić information content (AvgIpc) is 3.14. The monoisotopic (exact) mass is 407 g/mol. The van der Waals surface area contributed by atoms with E-state index in [2.05, 4.69) is 5.10 Å². The van der Waals surface area contributed by atoms with Crippen LogP contribution >= 0.6 is 0 Å². The highest BCUT2D eigenvalue weighted by atomic mass is 19.1. The molecule has 0 radical (unpaired) electrons. The van der Waals surface area contributed by atoms with Gasteiger partial charge in [0.05, 0.1) is 11.3 Å². The number of nitrogens with one attached hydrogen (secondary N) is 1. The highest BCUT2D eigenvalue weighted by Gasteiger charge is 2.48. The lowest BCUT2D eigenvalue weighted by atomic mass is 10.1. The third kappa shape index (κ3) is 2.97. The van der Waals surface area contributed by atoms with E-state index in [1.807, 2.05) is 0 Å². The van der Waals surface area contributed by atoms with Crippen molar-refractivity contribution in [1.82, 2.24) is 14.7 Å². The number of carbonyl (C=O) groups excluding carboxylic acids is 2. The number of aromatic amines is 1. The SMILES string of the molecule is Cc1[nH]n(-c2ccc(F)cc2)c(=O)c1C1=C([n+]2ccccc2)C(=O)N(C(C)C)C1=O. The molecule has 0 fully saturated rings. The lowest BCUT2D eigenvalue weighted by molar-refractivity contribution is -0.576. The van der Waals surface area contributed by atoms with E-state index >= 15 is 0 Å². The number of imide groups is 1. The minimum Gasteiger partial charge on any atom is -0.295 e. The number of aromatic nitrogens is 3. The molecule has 1 aromatic carbocycles. The molecule has 152 valence electrons. The van der Waals surface area contributed by atoms with E-state index in [-0.39, 0.29) is 22.9 Å². The van der Waals surface area contributed by atoms with Crippen LogP contribution in [0.4, 0.5) is 4.39 Å². The number of hydrogen-bond donors (Lipinski definition) is 1. The van der Waals surface area contributed by atoms with Crippen LogP contribution in [0.25, 0.3) is 17.0 Å². The molecule has 2 aromatic heterocycles. The predicted molar refractivity (Wildman–Crippen MR) is 108 cm³/mol. The van der Waals surface area contributed by atoms with E-state index in [9.17, 15) is 18.8 Å². The van der Waals surface area contributed by atoms with Gasteiger partial charge in [0.15, 0.2) is 12.4 Å². The molecule has 0 saturated heterocycles. The van der Waals surface area contributed by atoms with Crippen molar-refractivity contribution in [2.75, 3.05) is 0 Å². The standard InChI is InChI=1S/C22H19FN4O3/c1-13(2)26-20(28)18(19(22(26)30)25-11-5-4-6-12-25)17-14(3)24-27(21(17)29)16-9-7-15(23)8-10-16/h4-13H,1-3H3/p+1. The second-order valence-corrected chi connectivity index (χ2v) is 7.31. The molecule has 0 spiro atoms. The van der Waals surface area contributed by atoms with Gasteiger partial charge < -0.3 is 0 Å². The van der Waals surface area contributed by atoms with Crippen LogP contribution in [-0.2, 0) is 9.59 Å². The Hall–Kier alpha value is -3.81. The van der Waals surface area contributed by atoms with Crippen molar-refractivity contribution in [3.05, 3.63) is 82.3 Å². The van der Waals surface area contributed by atoms with E-state index in [0.717, 1.165) is 4.90 Å². The molecular weight excluding hydrogens is 387 g/mol. The zero-order chi connectivity index (χ0) is 21.6. The van der Waals surface area contributed by atoms with E-state index in [1.165, 1.54) is 28.9 Å². The fourth-order valence-corrected chi connectivity index (χ4v) is 3.63. The van der Waals surface area contributed by atoms with Gasteiger partial charge in [0.25, 0.3) is 17.2 Å². The Morgan fingerprint density at radius 3 is 2.20 bits per heavy atom. The van der Waals surface area contributed by atoms with Crippen LogP contribution in [0.15, 0.2) is 59.7 Å². The number of amides is 2. The van der Waals surface area contributed by atoms with E-state index < -0.39 is 23.2 Å². The van der Waals surface area contributed by atoms with Crippen molar-refractivity contribution < 1.29 is 18.5 Å². The van der Waals surface area contributed by atoms with E-state index in [1.54, 1.807) is 55.9 Å². The first-order chi connectivity index (χ1) is 14.3. The largest absolute Gasteiger partial charge is 0.327 e. The van der Waals surface area contributed by atoms with Gasteiger partial charge >= 0.3 is 5.91 Å². The summed E-state index contributed by atoms with van der Waals surface area (Å²) < 4.78 is 16.1. The van der Waals surface area contributed by atoms with Crippen LogP contribution in [-0.4, -0.2) is 32.5 Å². The molecule has 3 heterocycles. The Balaban J connectivity index is 1.98. The summed E-state index contributed by atoms with van der Waals surface area (Å²) in [5.41, 5.74) is 0.647. The molecule has 4 rings (SSSR count). The van der Waals surface area contributed by atoms with Gasteiger partial charge in [-0.2, -0.15) is 4.57 Å². The number of hydrogen-bond acceptors (Lipinski definition) is 3. The van der Waals surface area contributed by atoms with Crippen molar-refractivity contribution in [2.24, 2.45) is 0 Å². The summed E-state index contributed by atoms with van der Waals surface area (Å²) in [5, 5.41) is 2.93. The average molecular weight is 407 g/mol. The van der Waals surface area contributed by atoms with E-state index in [0.29, 0.717) is 11.4 Å². The molecule has 1 aliphatic heterocycles. The second-order valence-electron chi connectivity index (χ2n) is 7.31. The van der Waals surface area contributed by atoms with Gasteiger partial charge in [-0.1, -0.05) is 6.07 Å². The lowest BCUT2D eigenvalue weighted by Gasteiger charge is -2.17. The molecule has 0 aliphatic carbocycles. The summed E-state index contributed by atoms with van der Waals surface area (Å²) in [6.07, 6.45) is 3.32. The Bertz CT molecular complexity index is 1240. The second kappa shape index (κ2) is 7.22. The number of nitrogens with zero attached hydrogens (tertiary/aromatic N) is 3. The van der Waals surface area contributed by atoms with Crippen molar-refractivity contribution in [3.8, 4) is 5.69 Å². The zero-order valence-corrected chi connectivity index (χ0v) is 16.7. The summed E-state index contributed by atoms with van der Waals surface area (Å²) >= 11 is 0. The molecular formula is C22H20FN4O3+. The van der Waals surface area contributed by atoms with Gasteiger partial charge in [0.1, 0.15) is 11.4 Å². The van der Waals surface area contributed by atoms with E-state index in [4.69, 9.17) is 0 Å². The van der Waals surface area contributed by atoms with Crippen molar-refractivity contribution in [3.63, 3.8) is 0 Å². The Kier molecular flexibility index (Phi) is 4.69. The van der Waals surface area contributed by atoms with Crippen LogP contribution in [0.3, 0.4) is 0 Å². The third-order valence-electron chi connectivity index (χ3n) is 4.99. The van der Waals surface area contributed by atoms with Gasteiger partial charge in [-0.15, -0.1) is 0 Å². The maximum absolute atomic E-state index is 13.3. The van der Waals surface area contributed by atoms with Crippen molar-refractivity contribution in [2.45, 2.75) is 26.8 Å². The minimum atomic E-state index is -0.521. The topological polar surface area (TPSA) is 79.1 Å². The number of aryl methyl sites for hydroxylation is 1. The number of rotatable bonds is 4. The number of benzene rings is 1. The molecule has 1 aliphatic rings. The number of carbonyl (C=O) groups is 2. The summed E-state index contributed by atoms with van der Waals surface area (Å²) in [7, 11) is 0. The van der Waals surface area contributed by atoms with Crippen LogP contribution in [0.1, 0.15) is 25.1 Å². The van der Waals surface area contributed by atoms with Gasteiger partial charge in [-0.3, -0.25) is 24.4 Å². The minimum absolute atomic E-state index is 0.0458. The normalized spacial score (nSPS) is 14.4. The molecule has 8 heteroatoms. The zero-order valence-electron chi connectivity index (χ0n) is 16.7. The molecule has 0 bridgehead atoms. The van der Waals surface area contributed by atoms with Gasteiger partial charge in [0.2, 0.25) is 0 Å². The third-order valence-corrected chi connectivity index (χ3v) is 4.99. The molecule has 0 unspecified atom stereocenters. The first-order valence-corrected chi connectivity index (χ1v) is 9.48. The quantitative estimate of drug-likeness (QED) is 0.531. The van der Waals surface area contributed by atoms with Crippen molar-refractivity contribution in [1.29, 1.82) is 0 Å². The number of halogens is 1. The fraction of sp³-hybridized carbons (Fsp3) is 0.182. The Morgan fingerprint density at radius 2 is 1.60 bits per heavy atom. The molecule has 0 atom stereocenters. The summed E-state index contributed by atoms with van der Waals surface area (Å²) in [4.78, 5) is 40.8. The summed E-state index contributed by atoms with van der Waals surface area (Å²) in [6, 6.07) is 10.3. The Morgan fingerprint density at radius 1 is 0.967 bits per heavy atom. The molecule has 1 N–H and O–H groups in total. The highest BCUT2D eigenvalue weighted by Crippen LogP contribution is 2.30. The molecule has 30 heavy (non-hydrogen) atoms. The van der Waals surface area contributed by atoms with Gasteiger partial charge in [-0.25, -0.2) is 9.07 Å². The smallest absolute Gasteiger partial charge is 0.295 e. The van der Waals surface area contributed by atoms with Crippen molar-refractivity contribution >= 4 is 23.1 Å². The molecule has 2 amide bonds. The maximum Gasteiger partial charge on any atom is 0.327 e. The number of H-pyrrole nitrogens is 1. The Labute approximate surface area is 171 Å². The van der Waals surface area contributed by atoms with Gasteiger partial charge in [-0.05, 0) is 45.0 Å². The predicted octanol–water partition coefficient (Wildman–Crippen LogP) is 2.05. The molecule has 3 aromatic rings. The van der Waals surface area contributed by atoms with Crippen LogP contribution in [0, 0.1) is 12.7 Å². The fourth-order valence-electron chi connectivity index (χ4n) is 3.63. The summed E-state index contributed by atoms with van der Waals surface area (Å²) in [6.45, 7) is 5.15. The lowest BCUT2D eigenvalue weighted by Crippen LogP contribution is -2.42. The summed E-state index contributed by atoms with van der Waals surface area (Å²) in [5.74, 6) is -1.41. The first kappa shape index (κ1) is 19.5. The number of pyridine rings is 1. The first-order valence-electron chi connectivity index (χ1n) is 9.48. The highest BCUT2D eigenvalue weighted by molar-refractivity contribution is 6.44. The maximum atomic E-state index is 13.3. The molecule has 0 saturated carbocycles. The van der Waals surface area contributed by atoms with Crippen LogP contribution in [0.5, 0.6) is 0 Å². The van der Waals surface area contributed by atoms with Gasteiger partial charge in [0, 0.05) is 23.9 Å². The van der Waals surface area contributed by atoms with Crippen LogP contribution < -0.4 is 10.1 Å².